The Balaban J connectivity index is 1.44. The fraction of sp³-hybridized carbons (Fsp3) is 0.526. The minimum absolute atomic E-state index is 0.0266. The number of nitrogens with one attached hydrogen (secondary N) is 1. The van der Waals surface area contributed by atoms with E-state index in [4.69, 9.17) is 0 Å². The zero-order valence-electron chi connectivity index (χ0n) is 14.8. The van der Waals surface area contributed by atoms with Gasteiger partial charge in [0.25, 0.3) is 0 Å². The standard InChI is InChI=1S/C19H27N5O/c1-2-18(17-5-3-9-20-15-17)22-19(25)23-12-6-16(7-13-23)8-14-24-11-4-10-21-24/h3-5,9-11,15-16,18H,2,6-8,12-14H2,1H3,(H,22,25)/t18-/m1/s1. The van der Waals surface area contributed by atoms with Gasteiger partial charge in [-0.25, -0.2) is 4.79 Å². The van der Waals surface area contributed by atoms with E-state index in [1.54, 1.807) is 6.20 Å². The average molecular weight is 341 g/mol. The molecule has 1 aliphatic rings. The van der Waals surface area contributed by atoms with Crippen LogP contribution in [-0.4, -0.2) is 38.8 Å². The van der Waals surface area contributed by atoms with Crippen LogP contribution in [0, 0.1) is 5.92 Å². The summed E-state index contributed by atoms with van der Waals surface area (Å²) in [5.41, 5.74) is 1.06. The Morgan fingerprint density at radius 3 is 2.80 bits per heavy atom. The second-order valence-corrected chi connectivity index (χ2v) is 6.68. The molecule has 2 aromatic heterocycles. The van der Waals surface area contributed by atoms with Gasteiger partial charge in [0.05, 0.1) is 6.04 Å². The molecule has 6 heteroatoms. The molecule has 2 amide bonds. The van der Waals surface area contributed by atoms with E-state index in [9.17, 15) is 4.79 Å². The van der Waals surface area contributed by atoms with E-state index in [0.717, 1.165) is 50.9 Å². The lowest BCUT2D eigenvalue weighted by Gasteiger charge is -2.33. The first-order valence-corrected chi connectivity index (χ1v) is 9.19. The topological polar surface area (TPSA) is 63.1 Å². The van der Waals surface area contributed by atoms with Crippen LogP contribution in [0.15, 0.2) is 43.0 Å². The second-order valence-electron chi connectivity index (χ2n) is 6.68. The van der Waals surface area contributed by atoms with Crippen LogP contribution in [0.2, 0.25) is 0 Å². The maximum Gasteiger partial charge on any atom is 0.317 e. The molecule has 1 atom stereocenters. The number of rotatable bonds is 6. The Morgan fingerprint density at radius 2 is 2.16 bits per heavy atom. The fourth-order valence-corrected chi connectivity index (χ4v) is 3.42. The highest BCUT2D eigenvalue weighted by atomic mass is 16.2. The zero-order valence-corrected chi connectivity index (χ0v) is 14.8. The molecule has 25 heavy (non-hydrogen) atoms. The van der Waals surface area contributed by atoms with Gasteiger partial charge in [0.2, 0.25) is 0 Å². The van der Waals surface area contributed by atoms with Crippen molar-refractivity contribution in [1.29, 1.82) is 0 Å². The summed E-state index contributed by atoms with van der Waals surface area (Å²) in [7, 11) is 0. The van der Waals surface area contributed by atoms with E-state index >= 15 is 0 Å². The molecule has 0 radical (unpaired) electrons. The number of likely N-dealkylation sites (tertiary alicyclic amines) is 1. The number of hydrogen-bond donors (Lipinski definition) is 1. The van der Waals surface area contributed by atoms with Crippen LogP contribution < -0.4 is 5.32 Å². The second kappa shape index (κ2) is 8.65. The molecule has 134 valence electrons. The first-order valence-electron chi connectivity index (χ1n) is 9.19. The van der Waals surface area contributed by atoms with Crippen molar-refractivity contribution in [2.45, 2.75) is 45.2 Å². The summed E-state index contributed by atoms with van der Waals surface area (Å²) in [6.45, 7) is 4.71. The van der Waals surface area contributed by atoms with Crippen molar-refractivity contribution in [3.05, 3.63) is 48.5 Å². The Bertz CT molecular complexity index is 635. The zero-order chi connectivity index (χ0) is 17.5. The van der Waals surface area contributed by atoms with Crippen molar-refractivity contribution in [3.8, 4) is 0 Å². The minimum Gasteiger partial charge on any atom is -0.331 e. The summed E-state index contributed by atoms with van der Waals surface area (Å²) in [4.78, 5) is 18.7. The quantitative estimate of drug-likeness (QED) is 0.877. The molecule has 6 nitrogen and oxygen atoms in total. The highest BCUT2D eigenvalue weighted by molar-refractivity contribution is 5.74. The molecule has 0 aliphatic carbocycles. The Kier molecular flexibility index (Phi) is 6.04. The third-order valence-corrected chi connectivity index (χ3v) is 5.02. The molecule has 0 aromatic carbocycles. The molecular weight excluding hydrogens is 314 g/mol. The number of urea groups is 1. The first-order chi connectivity index (χ1) is 12.3. The average Bonchev–Trinajstić information content (AvgIpc) is 3.19. The smallest absolute Gasteiger partial charge is 0.317 e. The molecule has 0 spiro atoms. The number of aryl methyl sites for hydroxylation is 1. The van der Waals surface area contributed by atoms with Gasteiger partial charge in [0.1, 0.15) is 0 Å². The van der Waals surface area contributed by atoms with Gasteiger partial charge in [0, 0.05) is 44.4 Å². The molecule has 2 aromatic rings. The lowest BCUT2D eigenvalue weighted by Crippen LogP contribution is -2.45. The summed E-state index contributed by atoms with van der Waals surface area (Å²) < 4.78 is 1.98. The highest BCUT2D eigenvalue weighted by Crippen LogP contribution is 2.22. The summed E-state index contributed by atoms with van der Waals surface area (Å²) in [5, 5.41) is 7.41. The molecular formula is C19H27N5O. The van der Waals surface area contributed by atoms with Gasteiger partial charge in [-0.05, 0) is 49.3 Å². The number of amides is 2. The van der Waals surface area contributed by atoms with Crippen molar-refractivity contribution < 1.29 is 4.79 Å². The number of nitrogens with zero attached hydrogens (tertiary/aromatic N) is 4. The van der Waals surface area contributed by atoms with Gasteiger partial charge in [-0.2, -0.15) is 5.10 Å². The maximum atomic E-state index is 12.6. The minimum atomic E-state index is 0.0266. The first kappa shape index (κ1) is 17.5. The van der Waals surface area contributed by atoms with Gasteiger partial charge in [-0.3, -0.25) is 9.67 Å². The van der Waals surface area contributed by atoms with Crippen LogP contribution in [0.25, 0.3) is 0 Å². The molecule has 1 N–H and O–H groups in total. The molecule has 0 bridgehead atoms. The van der Waals surface area contributed by atoms with Crippen LogP contribution in [-0.2, 0) is 6.54 Å². The molecule has 0 saturated carbocycles. The monoisotopic (exact) mass is 341 g/mol. The molecule has 1 fully saturated rings. The van der Waals surface area contributed by atoms with Gasteiger partial charge >= 0.3 is 6.03 Å². The number of aromatic nitrogens is 3. The number of pyridine rings is 1. The van der Waals surface area contributed by atoms with Gasteiger partial charge in [-0.1, -0.05) is 13.0 Å². The van der Waals surface area contributed by atoms with Crippen molar-refractivity contribution in [2.24, 2.45) is 5.92 Å². The predicted molar refractivity (Wildman–Crippen MR) is 96.9 cm³/mol. The molecule has 1 aliphatic heterocycles. The lowest BCUT2D eigenvalue weighted by atomic mass is 9.94. The van der Waals surface area contributed by atoms with E-state index in [2.05, 4.69) is 22.3 Å². The molecule has 3 heterocycles. The highest BCUT2D eigenvalue weighted by Gasteiger charge is 2.24. The van der Waals surface area contributed by atoms with E-state index in [1.807, 2.05) is 46.4 Å². The third-order valence-electron chi connectivity index (χ3n) is 5.02. The van der Waals surface area contributed by atoms with E-state index in [1.165, 1.54) is 0 Å². The van der Waals surface area contributed by atoms with Gasteiger partial charge < -0.3 is 10.2 Å². The van der Waals surface area contributed by atoms with Crippen molar-refractivity contribution in [2.75, 3.05) is 13.1 Å². The third kappa shape index (κ3) is 4.81. The number of carbonyl (C=O) groups excluding carboxylic acids is 1. The van der Waals surface area contributed by atoms with Gasteiger partial charge in [-0.15, -0.1) is 0 Å². The van der Waals surface area contributed by atoms with Crippen LogP contribution in [0.3, 0.4) is 0 Å². The SMILES string of the molecule is CC[C@@H](NC(=O)N1CCC(CCn2cccn2)CC1)c1cccnc1. The Morgan fingerprint density at radius 1 is 1.32 bits per heavy atom. The number of piperidine rings is 1. The summed E-state index contributed by atoms with van der Waals surface area (Å²) in [6, 6.07) is 5.96. The predicted octanol–water partition coefficient (Wildman–Crippen LogP) is 3.24. The van der Waals surface area contributed by atoms with E-state index in [0.29, 0.717) is 5.92 Å². The molecule has 0 unspecified atom stereocenters. The fourth-order valence-electron chi connectivity index (χ4n) is 3.42. The summed E-state index contributed by atoms with van der Waals surface area (Å²) in [6.07, 6.45) is 11.5. The van der Waals surface area contributed by atoms with Crippen molar-refractivity contribution >= 4 is 6.03 Å². The van der Waals surface area contributed by atoms with E-state index < -0.39 is 0 Å². The van der Waals surface area contributed by atoms with Crippen molar-refractivity contribution in [3.63, 3.8) is 0 Å². The number of hydrogen-bond acceptors (Lipinski definition) is 3. The Hall–Kier alpha value is -2.37. The molecule has 1 saturated heterocycles. The Labute approximate surface area is 149 Å². The largest absolute Gasteiger partial charge is 0.331 e. The number of carbonyl (C=O) groups is 1. The van der Waals surface area contributed by atoms with Gasteiger partial charge in [0.15, 0.2) is 0 Å². The van der Waals surface area contributed by atoms with E-state index in [-0.39, 0.29) is 12.1 Å². The van der Waals surface area contributed by atoms with Crippen molar-refractivity contribution in [1.82, 2.24) is 25.0 Å². The summed E-state index contributed by atoms with van der Waals surface area (Å²) in [5.74, 6) is 0.675. The van der Waals surface area contributed by atoms with Crippen LogP contribution in [0.4, 0.5) is 4.79 Å². The lowest BCUT2D eigenvalue weighted by molar-refractivity contribution is 0.163. The summed E-state index contributed by atoms with van der Waals surface area (Å²) >= 11 is 0. The van der Waals surface area contributed by atoms with Crippen LogP contribution >= 0.6 is 0 Å². The molecule has 3 rings (SSSR count). The van der Waals surface area contributed by atoms with Crippen LogP contribution in [0.5, 0.6) is 0 Å². The normalized spacial score (nSPS) is 16.6. The van der Waals surface area contributed by atoms with Crippen LogP contribution in [0.1, 0.15) is 44.2 Å². The maximum absolute atomic E-state index is 12.6.